The molecule has 1 aromatic rings. The van der Waals surface area contributed by atoms with E-state index in [1.807, 2.05) is 22.6 Å². The number of benzene rings is 1. The number of hydrogen-bond acceptors (Lipinski definition) is 4. The summed E-state index contributed by atoms with van der Waals surface area (Å²) in [5.74, 6) is -0.516. The second-order valence-corrected chi connectivity index (χ2v) is 4.77. The average molecular weight is 361 g/mol. The van der Waals surface area contributed by atoms with E-state index in [2.05, 4.69) is 5.32 Å². The fourth-order valence-electron chi connectivity index (χ4n) is 1.60. The van der Waals surface area contributed by atoms with Gasteiger partial charge in [0.15, 0.2) is 0 Å². The number of nitro groups is 1. The van der Waals surface area contributed by atoms with Crippen LogP contribution in [0.4, 0.5) is 10.5 Å². The Bertz CT molecular complexity index is 546. The van der Waals surface area contributed by atoms with Crippen molar-refractivity contribution in [3.05, 3.63) is 37.4 Å². The molecule has 3 amide bonds. The number of nitrogens with zero attached hydrogens (tertiary/aromatic N) is 2. The van der Waals surface area contributed by atoms with Crippen LogP contribution in [0.3, 0.4) is 0 Å². The summed E-state index contributed by atoms with van der Waals surface area (Å²) < 4.78 is 0.572. The lowest BCUT2D eigenvalue weighted by Crippen LogP contribution is -2.34. The lowest BCUT2D eigenvalue weighted by atomic mass is 10.2. The first-order valence-electron chi connectivity index (χ1n) is 5.04. The molecule has 94 valence electrons. The average Bonchev–Trinajstić information content (AvgIpc) is 2.75. The van der Waals surface area contributed by atoms with Crippen molar-refractivity contribution in [1.82, 2.24) is 10.2 Å². The van der Waals surface area contributed by atoms with Crippen LogP contribution in [-0.2, 0) is 0 Å². The summed E-state index contributed by atoms with van der Waals surface area (Å²) in [5.41, 5.74) is 0.000205. The van der Waals surface area contributed by atoms with Crippen LogP contribution in [0.15, 0.2) is 18.2 Å². The molecule has 0 aromatic heterocycles. The van der Waals surface area contributed by atoms with Crippen LogP contribution in [0.2, 0.25) is 0 Å². The van der Waals surface area contributed by atoms with Gasteiger partial charge in [-0.25, -0.2) is 4.79 Å². The van der Waals surface area contributed by atoms with Gasteiger partial charge in [-0.3, -0.25) is 19.8 Å². The molecule has 0 bridgehead atoms. The van der Waals surface area contributed by atoms with Crippen molar-refractivity contribution in [2.75, 3.05) is 13.1 Å². The van der Waals surface area contributed by atoms with E-state index in [0.717, 1.165) is 4.90 Å². The molecule has 1 aliphatic heterocycles. The number of urea groups is 1. The molecule has 1 fully saturated rings. The van der Waals surface area contributed by atoms with Gasteiger partial charge in [0, 0.05) is 28.8 Å². The molecule has 0 radical (unpaired) electrons. The third-order valence-corrected chi connectivity index (χ3v) is 3.43. The van der Waals surface area contributed by atoms with E-state index in [4.69, 9.17) is 0 Å². The minimum Gasteiger partial charge on any atom is -0.336 e. The van der Waals surface area contributed by atoms with Gasteiger partial charge in [0.2, 0.25) is 0 Å². The molecule has 1 aromatic carbocycles. The molecule has 18 heavy (non-hydrogen) atoms. The van der Waals surface area contributed by atoms with Crippen molar-refractivity contribution in [2.24, 2.45) is 0 Å². The van der Waals surface area contributed by atoms with Crippen LogP contribution in [0.25, 0.3) is 0 Å². The number of non-ortho nitro benzene ring substituents is 1. The van der Waals surface area contributed by atoms with Gasteiger partial charge in [-0.15, -0.1) is 0 Å². The molecule has 1 N–H and O–H groups in total. The lowest BCUT2D eigenvalue weighted by Gasteiger charge is -2.12. The maximum atomic E-state index is 12.1. The molecule has 2 rings (SSSR count). The predicted molar refractivity (Wildman–Crippen MR) is 70.2 cm³/mol. The summed E-state index contributed by atoms with van der Waals surface area (Å²) in [6.07, 6.45) is 0. The standard InChI is InChI=1S/C10H8IN3O4/c11-8-2-1-6(14(17)18)5-7(8)9(15)13-4-3-12-10(13)16/h1-2,5H,3-4H2,(H,12,16). The Kier molecular flexibility index (Phi) is 3.45. The molecule has 0 saturated carbocycles. The van der Waals surface area contributed by atoms with E-state index in [0.29, 0.717) is 10.1 Å². The Morgan fingerprint density at radius 1 is 1.50 bits per heavy atom. The molecular formula is C10H8IN3O4. The van der Waals surface area contributed by atoms with Crippen molar-refractivity contribution in [2.45, 2.75) is 0 Å². The van der Waals surface area contributed by atoms with Gasteiger partial charge in [-0.05, 0) is 28.7 Å². The summed E-state index contributed by atoms with van der Waals surface area (Å²) in [7, 11) is 0. The zero-order valence-corrected chi connectivity index (χ0v) is 11.2. The van der Waals surface area contributed by atoms with Crippen molar-refractivity contribution < 1.29 is 14.5 Å². The largest absolute Gasteiger partial charge is 0.336 e. The molecular weight excluding hydrogens is 353 g/mol. The second-order valence-electron chi connectivity index (χ2n) is 3.61. The van der Waals surface area contributed by atoms with Gasteiger partial charge in [0.1, 0.15) is 0 Å². The van der Waals surface area contributed by atoms with Gasteiger partial charge < -0.3 is 5.32 Å². The quantitative estimate of drug-likeness (QED) is 0.489. The zero-order chi connectivity index (χ0) is 13.3. The molecule has 1 aliphatic rings. The summed E-state index contributed by atoms with van der Waals surface area (Å²) in [6, 6.07) is 3.53. The summed E-state index contributed by atoms with van der Waals surface area (Å²) in [5, 5.41) is 13.2. The Morgan fingerprint density at radius 3 is 2.78 bits per heavy atom. The van der Waals surface area contributed by atoms with Gasteiger partial charge in [0.05, 0.1) is 10.5 Å². The first-order valence-corrected chi connectivity index (χ1v) is 6.12. The third-order valence-electron chi connectivity index (χ3n) is 2.49. The lowest BCUT2D eigenvalue weighted by molar-refractivity contribution is -0.384. The highest BCUT2D eigenvalue weighted by Gasteiger charge is 2.29. The highest BCUT2D eigenvalue weighted by molar-refractivity contribution is 14.1. The van der Waals surface area contributed by atoms with Gasteiger partial charge in [-0.1, -0.05) is 0 Å². The number of nitrogens with one attached hydrogen (secondary N) is 1. The summed E-state index contributed by atoms with van der Waals surface area (Å²) >= 11 is 1.91. The van der Waals surface area contributed by atoms with E-state index in [-0.39, 0.29) is 17.8 Å². The first kappa shape index (κ1) is 12.7. The van der Waals surface area contributed by atoms with E-state index >= 15 is 0 Å². The van der Waals surface area contributed by atoms with Crippen LogP contribution in [0.5, 0.6) is 0 Å². The molecule has 0 unspecified atom stereocenters. The number of nitro benzene ring substituents is 1. The van der Waals surface area contributed by atoms with Crippen molar-refractivity contribution >= 4 is 40.2 Å². The first-order chi connectivity index (χ1) is 8.50. The Morgan fingerprint density at radius 2 is 2.22 bits per heavy atom. The van der Waals surface area contributed by atoms with E-state index in [1.165, 1.54) is 18.2 Å². The number of amides is 3. The van der Waals surface area contributed by atoms with E-state index in [1.54, 1.807) is 0 Å². The van der Waals surface area contributed by atoms with Gasteiger partial charge in [0.25, 0.3) is 11.6 Å². The number of imide groups is 1. The van der Waals surface area contributed by atoms with Crippen molar-refractivity contribution in [3.63, 3.8) is 0 Å². The molecule has 1 heterocycles. The normalized spacial score (nSPS) is 14.5. The Balaban J connectivity index is 2.37. The van der Waals surface area contributed by atoms with E-state index < -0.39 is 16.9 Å². The summed E-state index contributed by atoms with van der Waals surface area (Å²) in [6.45, 7) is 0.673. The number of rotatable bonds is 2. The topological polar surface area (TPSA) is 92.6 Å². The molecule has 0 aliphatic carbocycles. The number of hydrogen-bond donors (Lipinski definition) is 1. The number of halogens is 1. The second kappa shape index (κ2) is 4.88. The highest BCUT2D eigenvalue weighted by atomic mass is 127. The van der Waals surface area contributed by atoms with Crippen LogP contribution >= 0.6 is 22.6 Å². The van der Waals surface area contributed by atoms with Gasteiger partial charge in [-0.2, -0.15) is 0 Å². The molecule has 8 heteroatoms. The third kappa shape index (κ3) is 2.28. The molecule has 0 atom stereocenters. The minimum absolute atomic E-state index is 0.168. The molecule has 1 saturated heterocycles. The minimum atomic E-state index is -0.573. The van der Waals surface area contributed by atoms with E-state index in [9.17, 15) is 19.7 Å². The number of carbonyl (C=O) groups excluding carboxylic acids is 2. The zero-order valence-electron chi connectivity index (χ0n) is 9.05. The smallest absolute Gasteiger partial charge is 0.324 e. The van der Waals surface area contributed by atoms with Crippen molar-refractivity contribution in [1.29, 1.82) is 0 Å². The van der Waals surface area contributed by atoms with Crippen LogP contribution in [-0.4, -0.2) is 34.9 Å². The van der Waals surface area contributed by atoms with Gasteiger partial charge >= 0.3 is 6.03 Å². The van der Waals surface area contributed by atoms with Crippen LogP contribution in [0, 0.1) is 13.7 Å². The maximum Gasteiger partial charge on any atom is 0.324 e. The highest BCUT2D eigenvalue weighted by Crippen LogP contribution is 2.21. The predicted octanol–water partition coefficient (Wildman–Crippen LogP) is 1.36. The molecule has 0 spiro atoms. The van der Waals surface area contributed by atoms with Crippen LogP contribution < -0.4 is 5.32 Å². The Labute approximate surface area is 115 Å². The molecule has 7 nitrogen and oxygen atoms in total. The maximum absolute atomic E-state index is 12.1. The van der Waals surface area contributed by atoms with Crippen LogP contribution in [0.1, 0.15) is 10.4 Å². The summed E-state index contributed by atoms with van der Waals surface area (Å²) in [4.78, 5) is 34.6. The SMILES string of the molecule is O=C1NCCN1C(=O)c1cc([N+](=O)[O-])ccc1I. The Hall–Kier alpha value is -1.71. The number of carbonyl (C=O) groups is 2. The fraction of sp³-hybridized carbons (Fsp3) is 0.200. The van der Waals surface area contributed by atoms with Crippen molar-refractivity contribution in [3.8, 4) is 0 Å². The fourth-order valence-corrected chi connectivity index (χ4v) is 2.17. The monoisotopic (exact) mass is 361 g/mol.